The van der Waals surface area contributed by atoms with E-state index in [-0.39, 0.29) is 27.3 Å². The Morgan fingerprint density at radius 2 is 1.93 bits per heavy atom. The zero-order chi connectivity index (χ0) is 20.4. The number of halogens is 1. The molecule has 0 aliphatic heterocycles. The van der Waals surface area contributed by atoms with Crippen molar-refractivity contribution in [3.8, 4) is 17.3 Å². The number of rotatable bonds is 4. The van der Waals surface area contributed by atoms with Crippen molar-refractivity contribution in [1.82, 2.24) is 9.55 Å². The zero-order valence-corrected chi connectivity index (χ0v) is 14.7. The molecule has 0 aliphatic carbocycles. The van der Waals surface area contributed by atoms with E-state index in [1.54, 1.807) is 0 Å². The quantitative estimate of drug-likeness (QED) is 0.455. The smallest absolute Gasteiger partial charge is 0.335 e. The van der Waals surface area contributed by atoms with Gasteiger partial charge in [0.1, 0.15) is 11.4 Å². The first kappa shape index (κ1) is 19.0. The monoisotopic (exact) mass is 400 g/mol. The van der Waals surface area contributed by atoms with Gasteiger partial charge in [-0.05, 0) is 48.6 Å². The Morgan fingerprint density at radius 3 is 2.57 bits per heavy atom. The van der Waals surface area contributed by atoms with Crippen molar-refractivity contribution >= 4 is 30.1 Å². The van der Waals surface area contributed by atoms with Crippen LogP contribution in [0.25, 0.3) is 5.69 Å². The summed E-state index contributed by atoms with van der Waals surface area (Å²) in [6, 6.07) is 8.19. The van der Waals surface area contributed by atoms with E-state index in [1.165, 1.54) is 12.1 Å². The third kappa shape index (κ3) is 3.67. The molecule has 3 aromatic rings. The highest BCUT2D eigenvalue weighted by atomic mass is 32.1. The number of aromatic hydroxyl groups is 1. The Morgan fingerprint density at radius 1 is 1.25 bits per heavy atom. The molecule has 1 heterocycles. The van der Waals surface area contributed by atoms with E-state index in [0.717, 1.165) is 41.1 Å². The van der Waals surface area contributed by atoms with Gasteiger partial charge in [0.15, 0.2) is 4.77 Å². The maximum Gasteiger partial charge on any atom is 0.335 e. The van der Waals surface area contributed by atoms with Crippen LogP contribution < -0.4 is 10.7 Å². The normalized spacial score (nSPS) is 11.0. The first-order chi connectivity index (χ1) is 13.3. The number of hydrogen-bond donors (Lipinski definition) is 3. The van der Waals surface area contributed by atoms with Crippen LogP contribution in [0.3, 0.4) is 0 Å². The molecule has 0 radical (unpaired) electrons. The highest BCUT2D eigenvalue weighted by Crippen LogP contribution is 2.25. The molecule has 0 spiro atoms. The molecule has 0 saturated heterocycles. The van der Waals surface area contributed by atoms with E-state index in [2.05, 4.69) is 9.98 Å². The highest BCUT2D eigenvalue weighted by molar-refractivity contribution is 7.71. The minimum Gasteiger partial charge on any atom is -0.871 e. The van der Waals surface area contributed by atoms with Gasteiger partial charge in [-0.3, -0.25) is 19.3 Å². The van der Waals surface area contributed by atoms with Crippen molar-refractivity contribution in [2.24, 2.45) is 4.99 Å². The maximum atomic E-state index is 13.1. The average molecular weight is 400 g/mol. The van der Waals surface area contributed by atoms with Gasteiger partial charge < -0.3 is 15.3 Å². The fourth-order valence-electron chi connectivity index (χ4n) is 2.37. The summed E-state index contributed by atoms with van der Waals surface area (Å²) in [6.07, 6.45) is 0.922. The van der Waals surface area contributed by atoms with Crippen LogP contribution in [0.15, 0.2) is 52.3 Å². The van der Waals surface area contributed by atoms with Crippen LogP contribution in [0.1, 0.15) is 15.9 Å². The number of aromatic nitrogens is 2. The third-order valence-corrected chi connectivity index (χ3v) is 4.03. The molecule has 0 unspecified atom stereocenters. The number of nitrogens with one attached hydrogen (secondary N) is 1. The predicted molar refractivity (Wildman–Crippen MR) is 98.9 cm³/mol. The van der Waals surface area contributed by atoms with E-state index in [4.69, 9.17) is 17.3 Å². The summed E-state index contributed by atoms with van der Waals surface area (Å²) in [5, 5.41) is 31.3. The summed E-state index contributed by atoms with van der Waals surface area (Å²) in [6.45, 7) is 0. The van der Waals surface area contributed by atoms with Crippen LogP contribution in [0.4, 0.5) is 10.1 Å². The molecular weight excluding hydrogens is 389 g/mol. The molecule has 0 atom stereocenters. The lowest BCUT2D eigenvalue weighted by molar-refractivity contribution is -0.267. The van der Waals surface area contributed by atoms with E-state index in [1.807, 2.05) is 0 Å². The molecule has 10 heteroatoms. The summed E-state index contributed by atoms with van der Waals surface area (Å²) < 4.78 is 14.1. The molecule has 0 aliphatic rings. The lowest BCUT2D eigenvalue weighted by Crippen LogP contribution is -2.18. The van der Waals surface area contributed by atoms with Gasteiger partial charge in [-0.25, -0.2) is 9.18 Å². The summed E-state index contributed by atoms with van der Waals surface area (Å²) in [7, 11) is 0. The number of carboxylic acid groups (broad SMARTS) is 1. The van der Waals surface area contributed by atoms with Gasteiger partial charge >= 0.3 is 5.97 Å². The van der Waals surface area contributed by atoms with Crippen LogP contribution >= 0.6 is 12.2 Å². The number of aromatic amines is 1. The number of nitrogens with zero attached hydrogens (tertiary/aromatic N) is 2. The van der Waals surface area contributed by atoms with Gasteiger partial charge in [0, 0.05) is 6.21 Å². The SMILES string of the molecule is O=C(O)c1ccc([O-])c(N=Cc2c(O)n(-c3ccc(F)cc3)c(=S)[nH]c2=O)c1. The van der Waals surface area contributed by atoms with Crippen molar-refractivity contribution < 1.29 is 24.5 Å². The largest absolute Gasteiger partial charge is 0.871 e. The molecule has 2 aromatic carbocycles. The Hall–Kier alpha value is -3.79. The highest BCUT2D eigenvalue weighted by Gasteiger charge is 2.13. The van der Waals surface area contributed by atoms with Gasteiger partial charge in [-0.1, -0.05) is 11.8 Å². The second-order valence-electron chi connectivity index (χ2n) is 5.55. The molecule has 3 rings (SSSR count). The zero-order valence-electron chi connectivity index (χ0n) is 13.9. The topological polar surface area (TPSA) is 131 Å². The summed E-state index contributed by atoms with van der Waals surface area (Å²) in [5.74, 6) is -2.89. The van der Waals surface area contributed by atoms with Gasteiger partial charge in [0.25, 0.3) is 5.56 Å². The number of aromatic carboxylic acids is 1. The average Bonchev–Trinajstić information content (AvgIpc) is 2.64. The first-order valence-electron chi connectivity index (χ1n) is 7.70. The molecule has 0 amide bonds. The van der Waals surface area contributed by atoms with Crippen LogP contribution in [-0.2, 0) is 0 Å². The number of carbonyl (C=O) groups is 1. The van der Waals surface area contributed by atoms with Gasteiger partial charge in [0.05, 0.1) is 16.9 Å². The second kappa shape index (κ2) is 7.45. The van der Waals surface area contributed by atoms with Gasteiger partial charge in [0.2, 0.25) is 5.88 Å². The molecular formula is C18H11FN3O5S-. The maximum absolute atomic E-state index is 13.1. The first-order valence-corrected chi connectivity index (χ1v) is 8.11. The standard InChI is InChI=1S/C18H12FN3O5S/c19-10-2-4-11(5-3-10)22-16(25)12(15(24)21-18(22)28)8-20-13-7-9(17(26)27)1-6-14(13)23/h1-8,23,25H,(H,26,27)(H,21,24,28)/p-1. The Kier molecular flexibility index (Phi) is 5.05. The van der Waals surface area contributed by atoms with Crippen molar-refractivity contribution in [3.05, 3.63) is 74.5 Å². The number of carboxylic acids is 1. The van der Waals surface area contributed by atoms with Crippen molar-refractivity contribution in [3.63, 3.8) is 0 Å². The Bertz CT molecular complexity index is 1220. The van der Waals surface area contributed by atoms with Crippen LogP contribution in [0.5, 0.6) is 11.6 Å². The van der Waals surface area contributed by atoms with E-state index in [0.29, 0.717) is 0 Å². The van der Waals surface area contributed by atoms with Crippen LogP contribution in [0.2, 0.25) is 0 Å². The van der Waals surface area contributed by atoms with E-state index in [9.17, 15) is 24.2 Å². The fourth-order valence-corrected chi connectivity index (χ4v) is 2.65. The van der Waals surface area contributed by atoms with Crippen molar-refractivity contribution in [2.75, 3.05) is 0 Å². The summed E-state index contributed by atoms with van der Waals surface area (Å²) >= 11 is 5.04. The molecule has 0 saturated carbocycles. The lowest BCUT2D eigenvalue weighted by atomic mass is 10.2. The second-order valence-corrected chi connectivity index (χ2v) is 5.94. The summed E-state index contributed by atoms with van der Waals surface area (Å²) in [4.78, 5) is 29.4. The summed E-state index contributed by atoms with van der Waals surface area (Å²) in [5.41, 5.74) is -1.20. The minimum absolute atomic E-state index is 0.136. The van der Waals surface area contributed by atoms with E-state index >= 15 is 0 Å². The number of benzene rings is 2. The molecule has 3 N–H and O–H groups in total. The molecule has 1 aromatic heterocycles. The van der Waals surface area contributed by atoms with E-state index < -0.39 is 29.0 Å². The predicted octanol–water partition coefficient (Wildman–Crippen LogP) is 2.26. The van der Waals surface area contributed by atoms with Gasteiger partial charge in [-0.15, -0.1) is 0 Å². The molecule has 28 heavy (non-hydrogen) atoms. The van der Waals surface area contributed by atoms with Crippen LogP contribution in [-0.4, -0.2) is 31.9 Å². The Labute approximate surface area is 161 Å². The molecule has 8 nitrogen and oxygen atoms in total. The van der Waals surface area contributed by atoms with Crippen molar-refractivity contribution in [2.45, 2.75) is 0 Å². The van der Waals surface area contributed by atoms with Crippen LogP contribution in [0, 0.1) is 10.6 Å². The molecule has 0 fully saturated rings. The lowest BCUT2D eigenvalue weighted by Gasteiger charge is -2.12. The molecule has 142 valence electrons. The number of aliphatic imine (C=N–C) groups is 1. The number of H-pyrrole nitrogens is 1. The minimum atomic E-state index is -1.25. The van der Waals surface area contributed by atoms with Crippen molar-refractivity contribution in [1.29, 1.82) is 0 Å². The fraction of sp³-hybridized carbons (Fsp3) is 0. The third-order valence-electron chi connectivity index (χ3n) is 3.74. The number of hydrogen-bond acceptors (Lipinski definition) is 6. The molecule has 0 bridgehead atoms. The van der Waals surface area contributed by atoms with Gasteiger partial charge in [-0.2, -0.15) is 0 Å². The Balaban J connectivity index is 2.12.